The number of carbonyl (C=O) groups is 2. The first-order valence-corrected chi connectivity index (χ1v) is 17.6. The van der Waals surface area contributed by atoms with E-state index in [4.69, 9.17) is 4.43 Å². The van der Waals surface area contributed by atoms with Crippen molar-refractivity contribution in [3.63, 3.8) is 0 Å². The Morgan fingerprint density at radius 3 is 2.05 bits per heavy atom. The van der Waals surface area contributed by atoms with Gasteiger partial charge < -0.3 is 9.33 Å². The van der Waals surface area contributed by atoms with Gasteiger partial charge in [-0.05, 0) is 46.7 Å². The molecule has 0 unspecified atom stereocenters. The van der Waals surface area contributed by atoms with Crippen molar-refractivity contribution in [2.75, 3.05) is 13.2 Å². The number of nitrogens with zero attached hydrogens (tertiary/aromatic N) is 1. The molecule has 3 aromatic carbocycles. The summed E-state index contributed by atoms with van der Waals surface area (Å²) in [6.45, 7) is 12.6. The van der Waals surface area contributed by atoms with Gasteiger partial charge in [0.2, 0.25) is 5.91 Å². The van der Waals surface area contributed by atoms with Crippen molar-refractivity contribution in [1.29, 1.82) is 0 Å². The van der Waals surface area contributed by atoms with E-state index in [0.717, 1.165) is 18.4 Å². The lowest BCUT2D eigenvalue weighted by Gasteiger charge is -2.44. The van der Waals surface area contributed by atoms with Gasteiger partial charge in [0.25, 0.3) is 8.32 Å². The van der Waals surface area contributed by atoms with Crippen molar-refractivity contribution in [3.8, 4) is 0 Å². The van der Waals surface area contributed by atoms with Gasteiger partial charge in [0.15, 0.2) is 0 Å². The van der Waals surface area contributed by atoms with Gasteiger partial charge >= 0.3 is 0 Å². The zero-order valence-corrected chi connectivity index (χ0v) is 26.9. The van der Waals surface area contributed by atoms with Crippen LogP contribution in [0.5, 0.6) is 0 Å². The third-order valence-electron chi connectivity index (χ3n) is 9.46. The molecule has 43 heavy (non-hydrogen) atoms. The standard InChI is InChI=1S/C38H45NO3Si/c1-5-25-38-32(23-26-39(36(38)41)29-31-15-9-6-10-16-31)28-30(21-22-35(38)40)24-27-42-43(37(2,3)4,33-17-11-7-12-18-33)34-19-13-8-14-20-34/h5-20,28,32H,1,21-27,29H2,2-4H3/t32-,38-/m0/s1. The Hall–Kier alpha value is -3.54. The molecule has 1 aliphatic carbocycles. The Balaban J connectivity index is 1.41. The molecule has 1 aliphatic heterocycles. The molecular weight excluding hydrogens is 547 g/mol. The summed E-state index contributed by atoms with van der Waals surface area (Å²) >= 11 is 0. The minimum absolute atomic E-state index is 0.0430. The Morgan fingerprint density at radius 1 is 0.907 bits per heavy atom. The van der Waals surface area contributed by atoms with Crippen LogP contribution in [0.2, 0.25) is 5.04 Å². The van der Waals surface area contributed by atoms with E-state index in [0.29, 0.717) is 39.0 Å². The molecule has 2 aliphatic rings. The van der Waals surface area contributed by atoms with Gasteiger partial charge in [-0.15, -0.1) is 6.58 Å². The molecule has 4 nitrogen and oxygen atoms in total. The molecule has 0 radical (unpaired) electrons. The average Bonchev–Trinajstić information content (AvgIpc) is 3.14. The third-order valence-corrected chi connectivity index (χ3v) is 14.5. The third kappa shape index (κ3) is 5.98. The van der Waals surface area contributed by atoms with E-state index in [1.165, 1.54) is 15.9 Å². The van der Waals surface area contributed by atoms with Crippen LogP contribution in [0.15, 0.2) is 115 Å². The number of piperidine rings is 1. The van der Waals surface area contributed by atoms with Gasteiger partial charge in [-0.3, -0.25) is 9.59 Å². The maximum atomic E-state index is 14.1. The highest BCUT2D eigenvalue weighted by molar-refractivity contribution is 6.99. The predicted octanol–water partition coefficient (Wildman–Crippen LogP) is 6.85. The number of benzene rings is 3. The van der Waals surface area contributed by atoms with Gasteiger partial charge in [-0.2, -0.15) is 0 Å². The quantitative estimate of drug-likeness (QED) is 0.147. The fourth-order valence-electron chi connectivity index (χ4n) is 7.34. The second kappa shape index (κ2) is 13.0. The van der Waals surface area contributed by atoms with Crippen LogP contribution >= 0.6 is 0 Å². The molecule has 224 valence electrons. The lowest BCUT2D eigenvalue weighted by molar-refractivity contribution is -0.157. The number of ketones is 1. The van der Waals surface area contributed by atoms with E-state index >= 15 is 0 Å². The van der Waals surface area contributed by atoms with Crippen molar-refractivity contribution in [1.82, 2.24) is 4.90 Å². The Kier molecular flexibility index (Phi) is 9.33. The number of hydrogen-bond acceptors (Lipinski definition) is 3. The number of Topliss-reactive ketones (excluding diaryl/α,β-unsaturated/α-hetero) is 1. The van der Waals surface area contributed by atoms with E-state index in [-0.39, 0.29) is 22.6 Å². The number of likely N-dealkylation sites (tertiary alicyclic amines) is 1. The molecule has 0 bridgehead atoms. The predicted molar refractivity (Wildman–Crippen MR) is 178 cm³/mol. The lowest BCUT2D eigenvalue weighted by Crippen LogP contribution is -2.66. The first kappa shape index (κ1) is 30.9. The number of rotatable bonds is 10. The topological polar surface area (TPSA) is 46.6 Å². The van der Waals surface area contributed by atoms with Crippen LogP contribution in [0.25, 0.3) is 0 Å². The minimum Gasteiger partial charge on any atom is -0.407 e. The van der Waals surface area contributed by atoms with Gasteiger partial charge in [-0.25, -0.2) is 0 Å². The smallest absolute Gasteiger partial charge is 0.261 e. The summed E-state index contributed by atoms with van der Waals surface area (Å²) in [5, 5.41) is 2.43. The largest absolute Gasteiger partial charge is 0.407 e. The van der Waals surface area contributed by atoms with E-state index in [2.05, 4.69) is 94.1 Å². The monoisotopic (exact) mass is 591 g/mol. The first-order chi connectivity index (χ1) is 20.7. The van der Waals surface area contributed by atoms with E-state index in [1.54, 1.807) is 6.08 Å². The highest BCUT2D eigenvalue weighted by Crippen LogP contribution is 2.46. The number of amides is 1. The molecule has 0 spiro atoms. The van der Waals surface area contributed by atoms with E-state index in [9.17, 15) is 9.59 Å². The van der Waals surface area contributed by atoms with Crippen LogP contribution in [0.4, 0.5) is 0 Å². The van der Waals surface area contributed by atoms with Gasteiger partial charge in [0.1, 0.15) is 11.2 Å². The number of hydrogen-bond donors (Lipinski definition) is 0. The second-order valence-corrected chi connectivity index (χ2v) is 17.4. The zero-order valence-electron chi connectivity index (χ0n) is 25.9. The summed E-state index contributed by atoms with van der Waals surface area (Å²) in [5.41, 5.74) is 1.25. The average molecular weight is 592 g/mol. The van der Waals surface area contributed by atoms with Gasteiger partial charge in [0, 0.05) is 32.0 Å². The Bertz CT molecular complexity index is 1410. The van der Waals surface area contributed by atoms with E-state index in [1.807, 2.05) is 35.2 Å². The molecule has 5 rings (SSSR count). The fourth-order valence-corrected chi connectivity index (χ4v) is 11.9. The normalized spacial score (nSPS) is 21.1. The Morgan fingerprint density at radius 2 is 1.49 bits per heavy atom. The van der Waals surface area contributed by atoms with Crippen molar-refractivity contribution in [2.24, 2.45) is 11.3 Å². The highest BCUT2D eigenvalue weighted by atomic mass is 28.4. The molecule has 1 heterocycles. The van der Waals surface area contributed by atoms with Crippen molar-refractivity contribution in [3.05, 3.63) is 121 Å². The summed E-state index contributed by atoms with van der Waals surface area (Å²) < 4.78 is 7.17. The molecule has 1 amide bonds. The zero-order chi connectivity index (χ0) is 30.5. The molecule has 0 N–H and O–H groups in total. The molecule has 1 fully saturated rings. The van der Waals surface area contributed by atoms with Crippen molar-refractivity contribution in [2.45, 2.75) is 64.5 Å². The molecule has 2 atom stereocenters. The van der Waals surface area contributed by atoms with Crippen LogP contribution in [-0.4, -0.2) is 38.1 Å². The van der Waals surface area contributed by atoms with Gasteiger partial charge in [-0.1, -0.05) is 129 Å². The summed E-state index contributed by atoms with van der Waals surface area (Å²) in [7, 11) is -2.65. The van der Waals surface area contributed by atoms with Crippen molar-refractivity contribution >= 4 is 30.4 Å². The molecule has 1 saturated heterocycles. The highest BCUT2D eigenvalue weighted by Gasteiger charge is 2.55. The first-order valence-electron chi connectivity index (χ1n) is 15.6. The van der Waals surface area contributed by atoms with Crippen LogP contribution < -0.4 is 10.4 Å². The molecule has 5 heteroatoms. The molecule has 0 aromatic heterocycles. The number of allylic oxidation sites excluding steroid dienone is 2. The summed E-state index contributed by atoms with van der Waals surface area (Å²) in [6, 6.07) is 31.5. The minimum atomic E-state index is -2.65. The maximum absolute atomic E-state index is 14.1. The molecule has 3 aromatic rings. The van der Waals surface area contributed by atoms with E-state index < -0.39 is 13.7 Å². The van der Waals surface area contributed by atoms with Crippen molar-refractivity contribution < 1.29 is 14.0 Å². The summed E-state index contributed by atoms with van der Waals surface area (Å²) in [4.78, 5) is 29.9. The number of carbonyl (C=O) groups excluding carboxylic acids is 2. The SMILES string of the molecule is C=CC[C@@]12C(=O)CCC(CCO[Si](c3ccccc3)(c3ccccc3)C(C)(C)C)=C[C@@H]1CCN(Cc1ccccc1)C2=O. The fraction of sp³-hybridized carbons (Fsp3) is 0.368. The van der Waals surface area contributed by atoms with Crippen LogP contribution in [0.3, 0.4) is 0 Å². The molecular formula is C38H45NO3Si. The Labute approximate surface area is 258 Å². The maximum Gasteiger partial charge on any atom is 0.261 e. The van der Waals surface area contributed by atoms with Crippen LogP contribution in [-0.2, 0) is 20.6 Å². The lowest BCUT2D eigenvalue weighted by atomic mass is 9.65. The van der Waals surface area contributed by atoms with Crippen LogP contribution in [0.1, 0.15) is 58.4 Å². The van der Waals surface area contributed by atoms with Gasteiger partial charge in [0.05, 0.1) is 0 Å². The second-order valence-electron chi connectivity index (χ2n) is 13.1. The molecule has 0 saturated carbocycles. The van der Waals surface area contributed by atoms with Crippen LogP contribution in [0, 0.1) is 11.3 Å². The number of fused-ring (bicyclic) bond motifs is 1. The summed E-state index contributed by atoms with van der Waals surface area (Å²) in [5.74, 6) is -0.110. The summed E-state index contributed by atoms with van der Waals surface area (Å²) in [6.07, 6.45) is 6.98.